The Kier molecular flexibility index (Phi) is 5.86. The molecule has 1 aromatic heterocycles. The molecule has 0 aliphatic heterocycles. The van der Waals surface area contributed by atoms with E-state index in [2.05, 4.69) is 10.3 Å². The Labute approximate surface area is 173 Å². The zero-order valence-corrected chi connectivity index (χ0v) is 17.1. The summed E-state index contributed by atoms with van der Waals surface area (Å²) in [5.74, 6) is -1.05. The van der Waals surface area contributed by atoms with E-state index in [1.165, 1.54) is 30.5 Å². The monoisotopic (exact) mass is 433 g/mol. The van der Waals surface area contributed by atoms with Gasteiger partial charge in [-0.15, -0.1) is 0 Å². The second-order valence-electron chi connectivity index (χ2n) is 6.35. The number of nitrogens with one attached hydrogen (secondary N) is 1. The van der Waals surface area contributed by atoms with Gasteiger partial charge in [0.2, 0.25) is 10.0 Å². The summed E-state index contributed by atoms with van der Waals surface area (Å²) in [5, 5.41) is 2.47. The first-order valence-corrected chi connectivity index (χ1v) is 10.7. The van der Waals surface area contributed by atoms with E-state index in [9.17, 15) is 17.6 Å². The average molecular weight is 434 g/mol. The number of carbonyl (C=O) groups excluding carboxylic acids is 1. The first-order chi connectivity index (χ1) is 13.6. The predicted octanol–water partition coefficient (Wildman–Crippen LogP) is 4.53. The molecular formula is C20H17ClFN3O3S. The molecule has 0 saturated carbocycles. The minimum absolute atomic E-state index is 0.0705. The number of amides is 1. The van der Waals surface area contributed by atoms with Gasteiger partial charge in [0, 0.05) is 17.4 Å². The summed E-state index contributed by atoms with van der Waals surface area (Å²) in [4.78, 5) is 16.7. The molecule has 0 saturated heterocycles. The van der Waals surface area contributed by atoms with Gasteiger partial charge in [0.25, 0.3) is 5.91 Å². The van der Waals surface area contributed by atoms with E-state index in [0.717, 1.165) is 22.2 Å². The Hall–Kier alpha value is -2.97. The number of sulfonamides is 1. The van der Waals surface area contributed by atoms with Crippen molar-refractivity contribution in [2.24, 2.45) is 0 Å². The number of rotatable bonds is 5. The molecule has 0 radical (unpaired) electrons. The minimum Gasteiger partial charge on any atom is -0.322 e. The van der Waals surface area contributed by atoms with Crippen molar-refractivity contribution in [1.82, 2.24) is 4.98 Å². The van der Waals surface area contributed by atoms with Gasteiger partial charge in [-0.2, -0.15) is 0 Å². The number of hydrogen-bond acceptors (Lipinski definition) is 4. The second-order valence-corrected chi connectivity index (χ2v) is 8.59. The lowest BCUT2D eigenvalue weighted by molar-refractivity contribution is 0.102. The van der Waals surface area contributed by atoms with Gasteiger partial charge in [-0.25, -0.2) is 22.1 Å². The average Bonchev–Trinajstić information content (AvgIpc) is 2.66. The van der Waals surface area contributed by atoms with Crippen molar-refractivity contribution in [3.63, 3.8) is 0 Å². The van der Waals surface area contributed by atoms with Crippen molar-refractivity contribution in [3.05, 3.63) is 82.8 Å². The molecule has 0 atom stereocenters. The molecule has 1 amide bonds. The highest BCUT2D eigenvalue weighted by molar-refractivity contribution is 7.92. The van der Waals surface area contributed by atoms with Gasteiger partial charge in [-0.1, -0.05) is 29.3 Å². The van der Waals surface area contributed by atoms with E-state index < -0.39 is 21.7 Å². The number of benzene rings is 2. The lowest BCUT2D eigenvalue weighted by atomic mass is 10.2. The van der Waals surface area contributed by atoms with Crippen LogP contribution in [0.15, 0.2) is 60.8 Å². The SMILES string of the molecule is Cc1ccc(N(c2cc(C(=O)Nc3ccc(F)c(Cl)c3)ccn2)S(C)(=O)=O)cc1. The summed E-state index contributed by atoms with van der Waals surface area (Å²) in [7, 11) is -3.72. The summed E-state index contributed by atoms with van der Waals surface area (Å²) in [6.07, 6.45) is 2.40. The number of anilines is 3. The zero-order valence-electron chi connectivity index (χ0n) is 15.6. The first kappa shape index (κ1) is 20.8. The van der Waals surface area contributed by atoms with Crippen LogP contribution in [0.2, 0.25) is 5.02 Å². The molecule has 1 N–H and O–H groups in total. The van der Waals surface area contributed by atoms with E-state index in [1.807, 2.05) is 6.92 Å². The van der Waals surface area contributed by atoms with E-state index in [0.29, 0.717) is 11.4 Å². The molecule has 0 unspecified atom stereocenters. The van der Waals surface area contributed by atoms with E-state index >= 15 is 0 Å². The number of carbonyl (C=O) groups is 1. The van der Waals surface area contributed by atoms with Gasteiger partial charge in [0.1, 0.15) is 11.6 Å². The minimum atomic E-state index is -3.72. The molecule has 1 heterocycles. The third-order valence-corrected chi connectivity index (χ3v) is 5.34. The van der Waals surface area contributed by atoms with Gasteiger partial charge in [-0.05, 0) is 49.4 Å². The number of hydrogen-bond donors (Lipinski definition) is 1. The summed E-state index contributed by atoms with van der Waals surface area (Å²) in [6, 6.07) is 13.5. The number of aryl methyl sites for hydroxylation is 1. The molecule has 0 fully saturated rings. The fourth-order valence-electron chi connectivity index (χ4n) is 2.62. The molecule has 0 aliphatic rings. The van der Waals surface area contributed by atoms with Crippen molar-refractivity contribution < 1.29 is 17.6 Å². The van der Waals surface area contributed by atoms with Crippen molar-refractivity contribution in [2.45, 2.75) is 6.92 Å². The zero-order chi connectivity index (χ0) is 21.2. The topological polar surface area (TPSA) is 79.4 Å². The Bertz CT molecular complexity index is 1170. The molecule has 3 rings (SSSR count). The van der Waals surface area contributed by atoms with Crippen molar-refractivity contribution in [2.75, 3.05) is 15.9 Å². The molecule has 150 valence electrons. The molecule has 0 bridgehead atoms. The van der Waals surface area contributed by atoms with Gasteiger partial charge < -0.3 is 5.32 Å². The highest BCUT2D eigenvalue weighted by Crippen LogP contribution is 2.28. The van der Waals surface area contributed by atoms with Gasteiger partial charge in [-0.3, -0.25) is 4.79 Å². The van der Waals surface area contributed by atoms with Crippen molar-refractivity contribution in [3.8, 4) is 0 Å². The maximum atomic E-state index is 13.3. The maximum Gasteiger partial charge on any atom is 0.255 e. The number of aromatic nitrogens is 1. The summed E-state index contributed by atoms with van der Waals surface area (Å²) in [6.45, 7) is 1.89. The smallest absolute Gasteiger partial charge is 0.255 e. The van der Waals surface area contributed by atoms with Crippen molar-refractivity contribution in [1.29, 1.82) is 0 Å². The number of nitrogens with zero attached hydrogens (tertiary/aromatic N) is 2. The lowest BCUT2D eigenvalue weighted by Gasteiger charge is -2.22. The third kappa shape index (κ3) is 4.90. The van der Waals surface area contributed by atoms with Gasteiger partial charge in [0.05, 0.1) is 17.0 Å². The Morgan fingerprint density at radius 2 is 1.79 bits per heavy atom. The quantitative estimate of drug-likeness (QED) is 0.641. The fourth-order valence-corrected chi connectivity index (χ4v) is 3.75. The molecule has 0 spiro atoms. The number of pyridine rings is 1. The third-order valence-electron chi connectivity index (χ3n) is 3.99. The van der Waals surface area contributed by atoms with E-state index in [-0.39, 0.29) is 16.4 Å². The standard InChI is InChI=1S/C20H17ClFN3O3S/c1-13-3-6-16(7-4-13)25(29(2,27)28)19-11-14(9-10-23-19)20(26)24-15-5-8-18(22)17(21)12-15/h3-12H,1-2H3,(H,24,26). The van der Waals surface area contributed by atoms with Crippen LogP contribution in [0.5, 0.6) is 0 Å². The summed E-state index contributed by atoms with van der Waals surface area (Å²) in [5.41, 5.74) is 1.85. The molecule has 2 aromatic carbocycles. The van der Waals surface area contributed by atoms with Crippen LogP contribution in [0.25, 0.3) is 0 Å². The number of halogens is 2. The highest BCUT2D eigenvalue weighted by atomic mass is 35.5. The first-order valence-electron chi connectivity index (χ1n) is 8.44. The van der Waals surface area contributed by atoms with Crippen LogP contribution < -0.4 is 9.62 Å². The van der Waals surface area contributed by atoms with Crippen LogP contribution in [0.1, 0.15) is 15.9 Å². The van der Waals surface area contributed by atoms with Crippen LogP contribution in [0.4, 0.5) is 21.6 Å². The van der Waals surface area contributed by atoms with E-state index in [1.54, 1.807) is 24.3 Å². The molecule has 9 heteroatoms. The Balaban J connectivity index is 1.94. The van der Waals surface area contributed by atoms with E-state index in [4.69, 9.17) is 11.6 Å². The van der Waals surface area contributed by atoms with Gasteiger partial charge >= 0.3 is 0 Å². The second kappa shape index (κ2) is 8.18. The molecule has 29 heavy (non-hydrogen) atoms. The molecule has 0 aliphatic carbocycles. The molecule has 3 aromatic rings. The Morgan fingerprint density at radius 3 is 2.41 bits per heavy atom. The highest BCUT2D eigenvalue weighted by Gasteiger charge is 2.22. The van der Waals surface area contributed by atoms with Crippen LogP contribution in [-0.2, 0) is 10.0 Å². The van der Waals surface area contributed by atoms with Crippen LogP contribution in [0, 0.1) is 12.7 Å². The van der Waals surface area contributed by atoms with Crippen molar-refractivity contribution >= 4 is 44.7 Å². The van der Waals surface area contributed by atoms with Crippen LogP contribution in [-0.4, -0.2) is 25.6 Å². The fraction of sp³-hybridized carbons (Fsp3) is 0.100. The lowest BCUT2D eigenvalue weighted by Crippen LogP contribution is -2.26. The summed E-state index contributed by atoms with van der Waals surface area (Å²) < 4.78 is 39.1. The predicted molar refractivity (Wildman–Crippen MR) is 112 cm³/mol. The van der Waals surface area contributed by atoms with Crippen LogP contribution in [0.3, 0.4) is 0 Å². The van der Waals surface area contributed by atoms with Gasteiger partial charge in [0.15, 0.2) is 0 Å². The largest absolute Gasteiger partial charge is 0.322 e. The maximum absolute atomic E-state index is 13.3. The van der Waals surface area contributed by atoms with Crippen LogP contribution >= 0.6 is 11.6 Å². The normalized spacial score (nSPS) is 11.2. The molecule has 6 nitrogen and oxygen atoms in total. The summed E-state index contributed by atoms with van der Waals surface area (Å²) >= 11 is 5.73. The molecular weight excluding hydrogens is 417 g/mol. The Morgan fingerprint density at radius 1 is 1.10 bits per heavy atom.